The molecule has 0 aliphatic rings. The van der Waals surface area contributed by atoms with Gasteiger partial charge in [-0.25, -0.2) is 4.79 Å². The first-order valence-corrected chi connectivity index (χ1v) is 6.46. The van der Waals surface area contributed by atoms with Crippen molar-refractivity contribution in [1.29, 1.82) is 0 Å². The Morgan fingerprint density at radius 3 is 2.74 bits per heavy atom. The van der Waals surface area contributed by atoms with E-state index in [0.717, 1.165) is 28.7 Å². The molecule has 0 aliphatic heterocycles. The molecule has 1 N–H and O–H groups in total. The SMILES string of the molecule is CCOCCn1c(C)c(C)c2cc(C(=O)O)ccc21. The number of carbonyl (C=O) groups is 1. The van der Waals surface area contributed by atoms with E-state index >= 15 is 0 Å². The van der Waals surface area contributed by atoms with Gasteiger partial charge < -0.3 is 14.4 Å². The van der Waals surface area contributed by atoms with Crippen molar-refractivity contribution in [1.82, 2.24) is 4.57 Å². The number of hydrogen-bond acceptors (Lipinski definition) is 2. The molecule has 0 bridgehead atoms. The van der Waals surface area contributed by atoms with Crippen LogP contribution in [0.4, 0.5) is 0 Å². The molecular weight excluding hydrogens is 242 g/mol. The van der Waals surface area contributed by atoms with Gasteiger partial charge in [0, 0.05) is 29.7 Å². The maximum absolute atomic E-state index is 11.0. The Labute approximate surface area is 112 Å². The zero-order chi connectivity index (χ0) is 14.0. The van der Waals surface area contributed by atoms with Crippen LogP contribution in [0.3, 0.4) is 0 Å². The molecule has 2 aromatic rings. The number of benzene rings is 1. The molecule has 1 aromatic carbocycles. The van der Waals surface area contributed by atoms with Crippen molar-refractivity contribution in [2.75, 3.05) is 13.2 Å². The van der Waals surface area contributed by atoms with E-state index in [1.165, 1.54) is 0 Å². The molecule has 4 heteroatoms. The molecule has 0 saturated carbocycles. The van der Waals surface area contributed by atoms with Crippen LogP contribution in [0.25, 0.3) is 10.9 Å². The van der Waals surface area contributed by atoms with Crippen molar-refractivity contribution >= 4 is 16.9 Å². The smallest absolute Gasteiger partial charge is 0.335 e. The third-order valence-electron chi connectivity index (χ3n) is 3.55. The summed E-state index contributed by atoms with van der Waals surface area (Å²) in [6.07, 6.45) is 0. The Balaban J connectivity index is 2.47. The normalized spacial score (nSPS) is 11.1. The topological polar surface area (TPSA) is 51.5 Å². The lowest BCUT2D eigenvalue weighted by molar-refractivity contribution is 0.0697. The lowest BCUT2D eigenvalue weighted by Gasteiger charge is -2.08. The average Bonchev–Trinajstić information content (AvgIpc) is 2.63. The number of carboxylic acids is 1. The minimum absolute atomic E-state index is 0.331. The van der Waals surface area contributed by atoms with Crippen LogP contribution in [0.5, 0.6) is 0 Å². The average molecular weight is 261 g/mol. The van der Waals surface area contributed by atoms with E-state index in [1.807, 2.05) is 19.9 Å². The molecule has 1 heterocycles. The maximum atomic E-state index is 11.0. The number of aryl methyl sites for hydroxylation is 1. The Hall–Kier alpha value is -1.81. The van der Waals surface area contributed by atoms with E-state index in [2.05, 4.69) is 11.5 Å². The van der Waals surface area contributed by atoms with Gasteiger partial charge >= 0.3 is 5.97 Å². The number of fused-ring (bicyclic) bond motifs is 1. The minimum atomic E-state index is -0.888. The molecule has 0 atom stereocenters. The summed E-state index contributed by atoms with van der Waals surface area (Å²) in [6, 6.07) is 5.28. The van der Waals surface area contributed by atoms with Gasteiger partial charge in [0.25, 0.3) is 0 Å². The van der Waals surface area contributed by atoms with Crippen LogP contribution in [0, 0.1) is 13.8 Å². The lowest BCUT2D eigenvalue weighted by atomic mass is 10.1. The largest absolute Gasteiger partial charge is 0.478 e. The van der Waals surface area contributed by atoms with Crippen molar-refractivity contribution in [3.05, 3.63) is 35.0 Å². The molecule has 0 fully saturated rings. The molecule has 0 unspecified atom stereocenters. The monoisotopic (exact) mass is 261 g/mol. The van der Waals surface area contributed by atoms with Crippen LogP contribution in [0.2, 0.25) is 0 Å². The molecule has 0 amide bonds. The third-order valence-corrected chi connectivity index (χ3v) is 3.55. The van der Waals surface area contributed by atoms with E-state index in [0.29, 0.717) is 18.8 Å². The highest BCUT2D eigenvalue weighted by Gasteiger charge is 2.13. The first-order chi connectivity index (χ1) is 9.06. The first-order valence-electron chi connectivity index (χ1n) is 6.46. The van der Waals surface area contributed by atoms with Gasteiger partial charge in [0.15, 0.2) is 0 Å². The second-order valence-electron chi connectivity index (χ2n) is 4.60. The molecule has 0 saturated heterocycles. The van der Waals surface area contributed by atoms with Crippen molar-refractivity contribution in [3.8, 4) is 0 Å². The van der Waals surface area contributed by atoms with Crippen molar-refractivity contribution in [3.63, 3.8) is 0 Å². The number of carboxylic acid groups (broad SMARTS) is 1. The van der Waals surface area contributed by atoms with Crippen molar-refractivity contribution < 1.29 is 14.6 Å². The van der Waals surface area contributed by atoms with Crippen molar-refractivity contribution in [2.45, 2.75) is 27.3 Å². The van der Waals surface area contributed by atoms with Gasteiger partial charge in [-0.1, -0.05) is 0 Å². The summed E-state index contributed by atoms with van der Waals surface area (Å²) in [5.74, 6) is -0.888. The van der Waals surface area contributed by atoms with Crippen LogP contribution in [-0.4, -0.2) is 28.9 Å². The van der Waals surface area contributed by atoms with Gasteiger partial charge in [0.1, 0.15) is 0 Å². The number of hydrogen-bond donors (Lipinski definition) is 1. The Kier molecular flexibility index (Phi) is 3.90. The summed E-state index contributed by atoms with van der Waals surface area (Å²) in [7, 11) is 0. The first kappa shape index (κ1) is 13.6. The van der Waals surface area contributed by atoms with Crippen LogP contribution in [0.15, 0.2) is 18.2 Å². The van der Waals surface area contributed by atoms with E-state index < -0.39 is 5.97 Å². The Morgan fingerprint density at radius 1 is 1.37 bits per heavy atom. The highest BCUT2D eigenvalue weighted by atomic mass is 16.5. The van der Waals surface area contributed by atoms with Gasteiger partial charge in [0.2, 0.25) is 0 Å². The Bertz CT molecular complexity index is 613. The molecule has 4 nitrogen and oxygen atoms in total. The summed E-state index contributed by atoms with van der Waals surface area (Å²) in [5.41, 5.74) is 3.70. The molecule has 2 rings (SSSR count). The van der Waals surface area contributed by atoms with E-state index in [4.69, 9.17) is 9.84 Å². The number of aromatic carboxylic acids is 1. The molecule has 1 aromatic heterocycles. The highest BCUT2D eigenvalue weighted by molar-refractivity contribution is 5.95. The summed E-state index contributed by atoms with van der Waals surface area (Å²) < 4.78 is 7.58. The minimum Gasteiger partial charge on any atom is -0.478 e. The second kappa shape index (κ2) is 5.45. The molecule has 0 radical (unpaired) electrons. The van der Waals surface area contributed by atoms with Crippen LogP contribution in [-0.2, 0) is 11.3 Å². The number of rotatable bonds is 5. The summed E-state index contributed by atoms with van der Waals surface area (Å²) in [4.78, 5) is 11.0. The van der Waals surface area contributed by atoms with Gasteiger partial charge in [-0.15, -0.1) is 0 Å². The summed E-state index contributed by atoms with van der Waals surface area (Å²) >= 11 is 0. The zero-order valence-electron chi connectivity index (χ0n) is 11.6. The predicted octanol–water partition coefficient (Wildman–Crippen LogP) is 2.99. The van der Waals surface area contributed by atoms with Crippen LogP contribution < -0.4 is 0 Å². The maximum Gasteiger partial charge on any atom is 0.335 e. The predicted molar refractivity (Wildman–Crippen MR) is 74.9 cm³/mol. The fourth-order valence-corrected chi connectivity index (χ4v) is 2.37. The fourth-order valence-electron chi connectivity index (χ4n) is 2.37. The van der Waals surface area contributed by atoms with Crippen LogP contribution >= 0.6 is 0 Å². The number of ether oxygens (including phenoxy) is 1. The second-order valence-corrected chi connectivity index (χ2v) is 4.60. The fraction of sp³-hybridized carbons (Fsp3) is 0.400. The molecule has 102 valence electrons. The van der Waals surface area contributed by atoms with Gasteiger partial charge in [-0.3, -0.25) is 0 Å². The quantitative estimate of drug-likeness (QED) is 0.842. The summed E-state index contributed by atoms with van der Waals surface area (Å²) in [6.45, 7) is 8.23. The van der Waals surface area contributed by atoms with E-state index in [9.17, 15) is 4.79 Å². The van der Waals surface area contributed by atoms with Crippen molar-refractivity contribution in [2.24, 2.45) is 0 Å². The summed E-state index contributed by atoms with van der Waals surface area (Å²) in [5, 5.41) is 10.1. The van der Waals surface area contributed by atoms with E-state index in [1.54, 1.807) is 12.1 Å². The van der Waals surface area contributed by atoms with Crippen LogP contribution in [0.1, 0.15) is 28.5 Å². The standard InChI is InChI=1S/C15H19NO3/c1-4-19-8-7-16-11(3)10(2)13-9-12(15(17)18)5-6-14(13)16/h5-6,9H,4,7-8H2,1-3H3,(H,17,18). The number of nitrogens with zero attached hydrogens (tertiary/aromatic N) is 1. The Morgan fingerprint density at radius 2 is 2.11 bits per heavy atom. The molecule has 0 aliphatic carbocycles. The highest BCUT2D eigenvalue weighted by Crippen LogP contribution is 2.26. The molecular formula is C15H19NO3. The lowest BCUT2D eigenvalue weighted by Crippen LogP contribution is -2.07. The van der Waals surface area contributed by atoms with Gasteiger partial charge in [-0.2, -0.15) is 0 Å². The van der Waals surface area contributed by atoms with Gasteiger partial charge in [-0.05, 0) is 44.5 Å². The molecule has 0 spiro atoms. The number of aromatic nitrogens is 1. The third kappa shape index (κ3) is 2.49. The van der Waals surface area contributed by atoms with Gasteiger partial charge in [0.05, 0.1) is 12.2 Å². The van der Waals surface area contributed by atoms with E-state index in [-0.39, 0.29) is 0 Å². The zero-order valence-corrected chi connectivity index (χ0v) is 11.6. The molecule has 19 heavy (non-hydrogen) atoms.